The van der Waals surface area contributed by atoms with E-state index in [1.54, 1.807) is 6.07 Å². The van der Waals surface area contributed by atoms with Gasteiger partial charge in [-0.25, -0.2) is 9.82 Å². The molecule has 8 heteroatoms. The molecule has 0 spiro atoms. The van der Waals surface area contributed by atoms with Crippen molar-refractivity contribution in [2.24, 2.45) is 11.7 Å². The molecule has 2 heterocycles. The molecular weight excluding hydrogens is 423 g/mol. The van der Waals surface area contributed by atoms with Gasteiger partial charge in [0.15, 0.2) is 5.11 Å². The number of thiocarbonyl (C=S) groups is 1. The third kappa shape index (κ3) is 5.68. The third-order valence-electron chi connectivity index (χ3n) is 6.48. The first-order chi connectivity index (χ1) is 15.5. The fourth-order valence-electron chi connectivity index (χ4n) is 4.71. The van der Waals surface area contributed by atoms with Crippen LogP contribution < -0.4 is 26.4 Å². The number of nitrogens with zero attached hydrogens (tertiary/aromatic N) is 3. The van der Waals surface area contributed by atoms with Gasteiger partial charge in [-0.15, -0.1) is 0 Å². The monoisotopic (exact) mass is 456 g/mol. The van der Waals surface area contributed by atoms with Crippen LogP contribution in [-0.4, -0.2) is 56.3 Å². The van der Waals surface area contributed by atoms with Gasteiger partial charge < -0.3 is 20.4 Å². The van der Waals surface area contributed by atoms with Crippen molar-refractivity contribution in [2.45, 2.75) is 19.4 Å². The van der Waals surface area contributed by atoms with Gasteiger partial charge in [-0.1, -0.05) is 30.3 Å². The van der Waals surface area contributed by atoms with Crippen molar-refractivity contribution in [1.29, 1.82) is 0 Å². The predicted octanol–water partition coefficient (Wildman–Crippen LogP) is 2.48. The predicted molar refractivity (Wildman–Crippen MR) is 133 cm³/mol. The van der Waals surface area contributed by atoms with E-state index >= 15 is 4.39 Å². The molecule has 2 saturated heterocycles. The van der Waals surface area contributed by atoms with Crippen LogP contribution in [0, 0.1) is 11.7 Å². The van der Waals surface area contributed by atoms with E-state index in [1.165, 1.54) is 5.56 Å². The Morgan fingerprint density at radius 2 is 1.81 bits per heavy atom. The lowest BCUT2D eigenvalue weighted by Gasteiger charge is -2.36. The van der Waals surface area contributed by atoms with Crippen LogP contribution in [0.3, 0.4) is 0 Å². The number of piperazine rings is 1. The number of halogens is 1. The van der Waals surface area contributed by atoms with Gasteiger partial charge >= 0.3 is 0 Å². The quantitative estimate of drug-likeness (QED) is 0.437. The molecule has 0 saturated carbocycles. The molecule has 2 aromatic rings. The number of hydrogen-bond acceptors (Lipinski definition) is 5. The van der Waals surface area contributed by atoms with Crippen molar-refractivity contribution in [2.75, 3.05) is 56.1 Å². The van der Waals surface area contributed by atoms with Crippen LogP contribution in [0.1, 0.15) is 17.5 Å². The zero-order valence-electron chi connectivity index (χ0n) is 18.7. The minimum Gasteiger partial charge on any atom is -0.375 e. The Bertz CT molecular complexity index is 916. The lowest BCUT2D eigenvalue weighted by molar-refractivity contribution is 0.312. The number of nitrogens with one attached hydrogen (secondary N) is 2. The smallest absolute Gasteiger partial charge is 0.178 e. The van der Waals surface area contributed by atoms with Gasteiger partial charge in [0.05, 0.1) is 5.69 Å². The maximum absolute atomic E-state index is 15.3. The minimum absolute atomic E-state index is 0.171. The average Bonchev–Trinajstić information content (AvgIpc) is 3.23. The standard InChI is InChI=1S/C24H33FN6S/c1-29-9-11-30(12-10-29)22-15-23(21(25)14-20(22)16-27-28-24(26)32)31-8-7-19(17-31)13-18-5-3-2-4-6-18/h2-6,14-15,19,27H,7-13,16-17H2,1H3,(H3,26,28,32). The first-order valence-electron chi connectivity index (χ1n) is 11.3. The molecule has 0 bridgehead atoms. The number of hydrazine groups is 1. The van der Waals surface area contributed by atoms with Crippen molar-refractivity contribution in [3.05, 3.63) is 59.4 Å². The normalized spacial score (nSPS) is 19.4. The van der Waals surface area contributed by atoms with E-state index in [1.807, 2.05) is 12.1 Å². The highest BCUT2D eigenvalue weighted by Crippen LogP contribution is 2.34. The summed E-state index contributed by atoms with van der Waals surface area (Å²) >= 11 is 4.87. The number of likely N-dealkylation sites (N-methyl/N-ethyl adjacent to an activating group) is 1. The first kappa shape index (κ1) is 22.8. The number of hydrogen-bond donors (Lipinski definition) is 3. The van der Waals surface area contributed by atoms with Gasteiger partial charge in [0.1, 0.15) is 5.82 Å². The number of nitrogens with two attached hydrogens (primary N) is 1. The maximum Gasteiger partial charge on any atom is 0.178 e. The summed E-state index contributed by atoms with van der Waals surface area (Å²) in [6.45, 7) is 6.04. The molecule has 32 heavy (non-hydrogen) atoms. The van der Waals surface area contributed by atoms with E-state index in [0.717, 1.165) is 63.4 Å². The summed E-state index contributed by atoms with van der Waals surface area (Å²) in [7, 11) is 2.14. The van der Waals surface area contributed by atoms with Crippen LogP contribution in [0.25, 0.3) is 0 Å². The van der Waals surface area contributed by atoms with E-state index < -0.39 is 0 Å². The Labute approximate surface area is 195 Å². The second-order valence-electron chi connectivity index (χ2n) is 8.86. The van der Waals surface area contributed by atoms with Gasteiger partial charge in [-0.05, 0) is 61.3 Å². The topological polar surface area (TPSA) is 59.8 Å². The fourth-order valence-corrected chi connectivity index (χ4v) is 4.78. The van der Waals surface area contributed by atoms with Crippen LogP contribution in [0.15, 0.2) is 42.5 Å². The Morgan fingerprint density at radius 1 is 1.06 bits per heavy atom. The molecule has 1 atom stereocenters. The zero-order valence-corrected chi connectivity index (χ0v) is 19.5. The number of rotatable bonds is 7. The Hall–Kier alpha value is -2.42. The molecule has 2 fully saturated rings. The molecule has 2 aliphatic heterocycles. The summed E-state index contributed by atoms with van der Waals surface area (Å²) in [5, 5.41) is 0.171. The van der Waals surface area contributed by atoms with Gasteiger partial charge in [0, 0.05) is 51.5 Å². The highest BCUT2D eigenvalue weighted by Gasteiger charge is 2.27. The van der Waals surface area contributed by atoms with E-state index in [2.05, 4.69) is 56.9 Å². The largest absolute Gasteiger partial charge is 0.375 e. The van der Waals surface area contributed by atoms with E-state index in [-0.39, 0.29) is 10.9 Å². The SMILES string of the molecule is CN1CCN(c2cc(N3CCC(Cc4ccccc4)C3)c(F)cc2CNNC(N)=S)CC1. The van der Waals surface area contributed by atoms with Crippen LogP contribution in [0.2, 0.25) is 0 Å². The third-order valence-corrected chi connectivity index (χ3v) is 6.58. The second kappa shape index (κ2) is 10.5. The van der Waals surface area contributed by atoms with E-state index in [4.69, 9.17) is 18.0 Å². The summed E-state index contributed by atoms with van der Waals surface area (Å²) < 4.78 is 15.3. The highest BCUT2D eigenvalue weighted by atomic mass is 32.1. The molecule has 0 aromatic heterocycles. The average molecular weight is 457 g/mol. The Balaban J connectivity index is 1.52. The van der Waals surface area contributed by atoms with Crippen LogP contribution in [-0.2, 0) is 13.0 Å². The van der Waals surface area contributed by atoms with Gasteiger partial charge in [0.25, 0.3) is 0 Å². The lowest BCUT2D eigenvalue weighted by Crippen LogP contribution is -2.45. The van der Waals surface area contributed by atoms with Crippen LogP contribution >= 0.6 is 12.2 Å². The van der Waals surface area contributed by atoms with E-state index in [0.29, 0.717) is 18.2 Å². The second-order valence-corrected chi connectivity index (χ2v) is 9.30. The molecule has 4 N–H and O–H groups in total. The van der Waals surface area contributed by atoms with Crippen molar-refractivity contribution in [1.82, 2.24) is 15.8 Å². The number of benzene rings is 2. The summed E-state index contributed by atoms with van der Waals surface area (Å²) in [5.41, 5.74) is 15.3. The molecule has 2 aliphatic rings. The summed E-state index contributed by atoms with van der Waals surface area (Å²) in [5.74, 6) is 0.371. The van der Waals surface area contributed by atoms with Crippen molar-refractivity contribution < 1.29 is 4.39 Å². The number of anilines is 2. The molecule has 0 aliphatic carbocycles. The summed E-state index contributed by atoms with van der Waals surface area (Å²) in [6, 6.07) is 14.3. The molecule has 0 radical (unpaired) electrons. The summed E-state index contributed by atoms with van der Waals surface area (Å²) in [4.78, 5) is 6.90. The first-order valence-corrected chi connectivity index (χ1v) is 11.7. The molecule has 1 unspecified atom stereocenters. The minimum atomic E-state index is -0.171. The molecular formula is C24H33FN6S. The Morgan fingerprint density at radius 3 is 2.53 bits per heavy atom. The van der Waals surface area contributed by atoms with Crippen LogP contribution in [0.4, 0.5) is 15.8 Å². The molecule has 4 rings (SSSR count). The van der Waals surface area contributed by atoms with Gasteiger partial charge in [0.2, 0.25) is 0 Å². The maximum atomic E-state index is 15.3. The van der Waals surface area contributed by atoms with Crippen molar-refractivity contribution >= 4 is 28.7 Å². The zero-order chi connectivity index (χ0) is 22.5. The fraction of sp³-hybridized carbons (Fsp3) is 0.458. The van der Waals surface area contributed by atoms with Crippen LogP contribution in [0.5, 0.6) is 0 Å². The molecule has 172 valence electrons. The van der Waals surface area contributed by atoms with Crippen molar-refractivity contribution in [3.8, 4) is 0 Å². The van der Waals surface area contributed by atoms with Gasteiger partial charge in [-0.3, -0.25) is 5.43 Å². The summed E-state index contributed by atoms with van der Waals surface area (Å²) in [6.07, 6.45) is 2.12. The Kier molecular flexibility index (Phi) is 7.44. The molecule has 6 nitrogen and oxygen atoms in total. The van der Waals surface area contributed by atoms with Crippen molar-refractivity contribution in [3.63, 3.8) is 0 Å². The molecule has 2 aromatic carbocycles. The van der Waals surface area contributed by atoms with E-state index in [9.17, 15) is 0 Å². The lowest BCUT2D eigenvalue weighted by atomic mass is 9.99. The highest BCUT2D eigenvalue weighted by molar-refractivity contribution is 7.80. The molecule has 0 amide bonds. The van der Waals surface area contributed by atoms with Gasteiger partial charge in [-0.2, -0.15) is 0 Å².